The summed E-state index contributed by atoms with van der Waals surface area (Å²) in [5.41, 5.74) is 0.293. The normalized spacial score (nSPS) is 12.7. The number of rotatable bonds is 9. The third kappa shape index (κ3) is 7.48. The van der Waals surface area contributed by atoms with Gasteiger partial charge >= 0.3 is 11.9 Å². The quantitative estimate of drug-likeness (QED) is 0.369. The van der Waals surface area contributed by atoms with Gasteiger partial charge < -0.3 is 9.16 Å². The number of carbonyl (C=O) groups excluding carboxylic acids is 2. The number of esters is 1. The van der Waals surface area contributed by atoms with Crippen molar-refractivity contribution in [3.63, 3.8) is 0 Å². The van der Waals surface area contributed by atoms with E-state index in [0.717, 1.165) is 25.3 Å². The van der Waals surface area contributed by atoms with Crippen LogP contribution < -0.4 is 0 Å². The van der Waals surface area contributed by atoms with Gasteiger partial charge in [-0.15, -0.1) is 0 Å². The number of hydrogen-bond acceptors (Lipinski definition) is 4. The molecule has 0 aliphatic carbocycles. The van der Waals surface area contributed by atoms with E-state index in [1.54, 1.807) is 6.92 Å². The smallest absolute Gasteiger partial charge is 0.334 e. The highest BCUT2D eigenvalue weighted by molar-refractivity contribution is 6.72. The minimum Gasteiger partial charge on any atom is -0.517 e. The Hall–Kier alpha value is -1.10. The Balaban J connectivity index is 4.63. The van der Waals surface area contributed by atoms with Gasteiger partial charge in [0.2, 0.25) is 8.32 Å². The first-order valence-electron chi connectivity index (χ1n) is 7.32. The molecule has 0 aliphatic heterocycles. The standard InChI is InChI=1S/C15H28O4Si/c1-7-9-11-20(5,6)19-15(17)13(10-8-2)18-14(16)12(3)4/h13H,3,7-11H2,1-2,4-6H3. The zero-order chi connectivity index (χ0) is 15.8. The fourth-order valence-electron chi connectivity index (χ4n) is 1.71. The first kappa shape index (κ1) is 18.9. The van der Waals surface area contributed by atoms with Crippen molar-refractivity contribution in [2.24, 2.45) is 0 Å². The van der Waals surface area contributed by atoms with E-state index in [2.05, 4.69) is 13.5 Å². The molecule has 116 valence electrons. The van der Waals surface area contributed by atoms with Gasteiger partial charge in [0.25, 0.3) is 0 Å². The molecule has 4 nitrogen and oxygen atoms in total. The van der Waals surface area contributed by atoms with Crippen molar-refractivity contribution in [2.75, 3.05) is 0 Å². The van der Waals surface area contributed by atoms with E-state index in [4.69, 9.17) is 9.16 Å². The molecule has 0 saturated carbocycles. The fraction of sp³-hybridized carbons (Fsp3) is 0.733. The van der Waals surface area contributed by atoms with Gasteiger partial charge in [-0.2, -0.15) is 0 Å². The van der Waals surface area contributed by atoms with Crippen LogP contribution in [0, 0.1) is 0 Å². The zero-order valence-corrected chi connectivity index (χ0v) is 14.5. The number of hydrogen-bond donors (Lipinski definition) is 0. The largest absolute Gasteiger partial charge is 0.517 e. The van der Waals surface area contributed by atoms with E-state index < -0.39 is 26.4 Å². The van der Waals surface area contributed by atoms with E-state index in [-0.39, 0.29) is 0 Å². The molecule has 1 atom stereocenters. The van der Waals surface area contributed by atoms with Crippen molar-refractivity contribution in [3.8, 4) is 0 Å². The molecule has 0 rings (SSSR count). The Morgan fingerprint density at radius 2 is 1.80 bits per heavy atom. The first-order valence-corrected chi connectivity index (χ1v) is 10.4. The minimum absolute atomic E-state index is 0.293. The molecule has 0 aliphatic rings. The summed E-state index contributed by atoms with van der Waals surface area (Å²) in [6, 6.07) is 0.933. The Kier molecular flexibility index (Phi) is 8.45. The molecule has 0 heterocycles. The molecule has 0 aromatic rings. The summed E-state index contributed by atoms with van der Waals surface area (Å²) < 4.78 is 10.8. The molecule has 0 saturated heterocycles. The van der Waals surface area contributed by atoms with Crippen LogP contribution in [0.5, 0.6) is 0 Å². The third-order valence-electron chi connectivity index (χ3n) is 2.92. The second-order valence-corrected chi connectivity index (χ2v) is 9.97. The van der Waals surface area contributed by atoms with Crippen LogP contribution in [0.4, 0.5) is 0 Å². The van der Waals surface area contributed by atoms with Gasteiger partial charge in [0.05, 0.1) is 0 Å². The average Bonchev–Trinajstić information content (AvgIpc) is 2.35. The molecule has 0 aromatic heterocycles. The maximum absolute atomic E-state index is 12.2. The summed E-state index contributed by atoms with van der Waals surface area (Å²) in [6.07, 6.45) is 2.56. The SMILES string of the molecule is C=C(C)C(=O)OC(CCC)C(=O)O[Si](C)(C)CCCC. The molecule has 0 N–H and O–H groups in total. The topological polar surface area (TPSA) is 52.6 Å². The van der Waals surface area contributed by atoms with Crippen LogP contribution in [0.2, 0.25) is 19.1 Å². The second-order valence-electron chi connectivity index (χ2n) is 5.75. The maximum Gasteiger partial charge on any atom is 0.334 e. The van der Waals surface area contributed by atoms with Crippen molar-refractivity contribution < 1.29 is 18.8 Å². The fourth-order valence-corrected chi connectivity index (χ4v) is 3.69. The Labute approximate surface area is 123 Å². The summed E-state index contributed by atoms with van der Waals surface area (Å²) in [5.74, 6) is -0.942. The van der Waals surface area contributed by atoms with Gasteiger partial charge in [0, 0.05) is 5.57 Å². The van der Waals surface area contributed by atoms with Crippen LogP contribution >= 0.6 is 0 Å². The summed E-state index contributed by atoms with van der Waals surface area (Å²) in [4.78, 5) is 23.7. The van der Waals surface area contributed by atoms with Gasteiger partial charge in [-0.3, -0.25) is 0 Å². The molecule has 0 aromatic carbocycles. The van der Waals surface area contributed by atoms with Crippen molar-refractivity contribution in [1.29, 1.82) is 0 Å². The van der Waals surface area contributed by atoms with Crippen LogP contribution in [0.3, 0.4) is 0 Å². The number of ether oxygens (including phenoxy) is 1. The molecule has 5 heteroatoms. The van der Waals surface area contributed by atoms with Crippen LogP contribution in [0.25, 0.3) is 0 Å². The lowest BCUT2D eigenvalue weighted by Crippen LogP contribution is -2.39. The second kappa shape index (κ2) is 8.95. The van der Waals surface area contributed by atoms with Crippen molar-refractivity contribution >= 4 is 20.3 Å². The molecule has 20 heavy (non-hydrogen) atoms. The zero-order valence-electron chi connectivity index (χ0n) is 13.5. The van der Waals surface area contributed by atoms with E-state index in [9.17, 15) is 9.59 Å². The van der Waals surface area contributed by atoms with Crippen LogP contribution in [0.15, 0.2) is 12.2 Å². The lowest BCUT2D eigenvalue weighted by molar-refractivity contribution is -0.160. The minimum atomic E-state index is -2.02. The summed E-state index contributed by atoms with van der Waals surface area (Å²) >= 11 is 0. The van der Waals surface area contributed by atoms with Gasteiger partial charge in [0.15, 0.2) is 6.10 Å². The first-order chi connectivity index (χ1) is 9.23. The van der Waals surface area contributed by atoms with Crippen LogP contribution in [-0.4, -0.2) is 26.4 Å². The molecule has 0 fully saturated rings. The predicted molar refractivity (Wildman–Crippen MR) is 82.9 cm³/mol. The average molecular weight is 300 g/mol. The van der Waals surface area contributed by atoms with Crippen LogP contribution in [0.1, 0.15) is 46.5 Å². The molecule has 1 unspecified atom stereocenters. The Morgan fingerprint density at radius 3 is 2.25 bits per heavy atom. The summed E-state index contributed by atoms with van der Waals surface area (Å²) in [7, 11) is -2.02. The molecule has 0 bridgehead atoms. The Morgan fingerprint density at radius 1 is 1.20 bits per heavy atom. The highest BCUT2D eigenvalue weighted by atomic mass is 28.4. The monoisotopic (exact) mass is 300 g/mol. The van der Waals surface area contributed by atoms with Gasteiger partial charge in [-0.05, 0) is 32.5 Å². The Bertz CT molecular complexity index is 350. The van der Waals surface area contributed by atoms with Crippen LogP contribution in [-0.2, 0) is 18.8 Å². The lowest BCUT2D eigenvalue weighted by Gasteiger charge is -2.25. The molecule has 0 amide bonds. The lowest BCUT2D eigenvalue weighted by atomic mass is 10.2. The van der Waals surface area contributed by atoms with Gasteiger partial charge in [-0.1, -0.05) is 39.7 Å². The molecular formula is C15H28O4Si. The number of carbonyl (C=O) groups is 2. The van der Waals surface area contributed by atoms with Gasteiger partial charge in [-0.25, -0.2) is 9.59 Å². The van der Waals surface area contributed by atoms with E-state index >= 15 is 0 Å². The van der Waals surface area contributed by atoms with E-state index in [1.807, 2.05) is 20.0 Å². The van der Waals surface area contributed by atoms with E-state index in [0.29, 0.717) is 12.0 Å². The molecular weight excluding hydrogens is 272 g/mol. The maximum atomic E-state index is 12.2. The molecule has 0 spiro atoms. The van der Waals surface area contributed by atoms with Crippen molar-refractivity contribution in [1.82, 2.24) is 0 Å². The highest BCUT2D eigenvalue weighted by Crippen LogP contribution is 2.18. The molecule has 0 radical (unpaired) electrons. The van der Waals surface area contributed by atoms with Crippen molar-refractivity contribution in [3.05, 3.63) is 12.2 Å². The highest BCUT2D eigenvalue weighted by Gasteiger charge is 2.31. The number of unbranched alkanes of at least 4 members (excludes halogenated alkanes) is 1. The van der Waals surface area contributed by atoms with Crippen molar-refractivity contribution in [2.45, 2.75) is 71.7 Å². The summed E-state index contributed by atoms with van der Waals surface area (Å²) in [6.45, 7) is 13.2. The predicted octanol–water partition coefficient (Wildman–Crippen LogP) is 3.82. The third-order valence-corrected chi connectivity index (χ3v) is 5.23. The van der Waals surface area contributed by atoms with Gasteiger partial charge in [0.1, 0.15) is 0 Å². The van der Waals surface area contributed by atoms with E-state index in [1.165, 1.54) is 0 Å². The summed E-state index contributed by atoms with van der Waals surface area (Å²) in [5, 5.41) is 0.